The molecule has 1 aliphatic carbocycles. The van der Waals surface area contributed by atoms with Gasteiger partial charge in [-0.15, -0.1) is 0 Å². The maximum absolute atomic E-state index is 5.46. The van der Waals surface area contributed by atoms with Crippen molar-refractivity contribution in [2.75, 3.05) is 47.1 Å². The minimum Gasteiger partial charge on any atom is -0.493 e. The lowest BCUT2D eigenvalue weighted by atomic mass is 10.0. The van der Waals surface area contributed by atoms with Crippen molar-refractivity contribution < 1.29 is 14.2 Å². The second-order valence-electron chi connectivity index (χ2n) is 7.13. The zero-order valence-electron chi connectivity index (χ0n) is 16.6. The first-order valence-corrected chi connectivity index (χ1v) is 9.82. The van der Waals surface area contributed by atoms with E-state index in [-0.39, 0.29) is 0 Å². The van der Waals surface area contributed by atoms with Gasteiger partial charge < -0.3 is 14.2 Å². The number of hydrogen-bond acceptors (Lipinski definition) is 4. The summed E-state index contributed by atoms with van der Waals surface area (Å²) in [5.74, 6) is 1.50. The van der Waals surface area contributed by atoms with Gasteiger partial charge in [-0.2, -0.15) is 0 Å². The minimum atomic E-state index is 0.748. The van der Waals surface area contributed by atoms with E-state index in [0.717, 1.165) is 56.3 Å². The maximum Gasteiger partial charge on any atom is 0.161 e. The summed E-state index contributed by atoms with van der Waals surface area (Å²) in [5.41, 5.74) is 6.42. The Balaban J connectivity index is 1.59. The van der Waals surface area contributed by atoms with Gasteiger partial charge in [0.15, 0.2) is 11.5 Å². The van der Waals surface area contributed by atoms with Crippen molar-refractivity contribution in [1.82, 2.24) is 4.90 Å². The molecule has 0 saturated carbocycles. The molecule has 4 rings (SSSR count). The van der Waals surface area contributed by atoms with Crippen molar-refractivity contribution in [2.45, 2.75) is 6.42 Å². The van der Waals surface area contributed by atoms with Crippen LogP contribution in [0.5, 0.6) is 11.5 Å². The summed E-state index contributed by atoms with van der Waals surface area (Å²) in [5, 5.41) is 0. The van der Waals surface area contributed by atoms with Crippen LogP contribution in [0.1, 0.15) is 23.1 Å². The molecule has 0 spiro atoms. The maximum atomic E-state index is 5.46. The van der Waals surface area contributed by atoms with Crippen molar-refractivity contribution >= 4 is 17.2 Å². The number of morpholine rings is 1. The number of rotatable bonds is 6. The molecule has 146 valence electrons. The molecule has 2 aromatic rings. The van der Waals surface area contributed by atoms with Gasteiger partial charge in [-0.25, -0.2) is 0 Å². The van der Waals surface area contributed by atoms with E-state index in [1.165, 1.54) is 22.3 Å². The van der Waals surface area contributed by atoms with E-state index in [9.17, 15) is 0 Å². The minimum absolute atomic E-state index is 0.748. The van der Waals surface area contributed by atoms with Crippen molar-refractivity contribution in [3.63, 3.8) is 0 Å². The third kappa shape index (κ3) is 3.98. The summed E-state index contributed by atoms with van der Waals surface area (Å²) in [7, 11) is 3.33. The van der Waals surface area contributed by atoms with Crippen LogP contribution in [0.4, 0.5) is 0 Å². The van der Waals surface area contributed by atoms with E-state index in [2.05, 4.69) is 47.4 Å². The fraction of sp³-hybridized carbons (Fsp3) is 0.333. The van der Waals surface area contributed by atoms with Crippen LogP contribution >= 0.6 is 0 Å². The van der Waals surface area contributed by atoms with Crippen LogP contribution in [0, 0.1) is 0 Å². The molecule has 4 nitrogen and oxygen atoms in total. The number of nitrogens with zero attached hydrogens (tertiary/aromatic N) is 1. The Bertz CT molecular complexity index is 894. The van der Waals surface area contributed by atoms with Gasteiger partial charge >= 0.3 is 0 Å². The highest BCUT2D eigenvalue weighted by Crippen LogP contribution is 2.38. The fourth-order valence-electron chi connectivity index (χ4n) is 3.91. The predicted molar refractivity (Wildman–Crippen MR) is 114 cm³/mol. The third-order valence-electron chi connectivity index (χ3n) is 5.44. The van der Waals surface area contributed by atoms with Gasteiger partial charge in [0.05, 0.1) is 27.4 Å². The lowest BCUT2D eigenvalue weighted by molar-refractivity contribution is 0.0390. The van der Waals surface area contributed by atoms with Crippen LogP contribution in [0.2, 0.25) is 0 Å². The molecular weight excluding hydrogens is 350 g/mol. The third-order valence-corrected chi connectivity index (χ3v) is 5.44. The highest BCUT2D eigenvalue weighted by molar-refractivity contribution is 6.01. The molecule has 0 atom stereocenters. The second-order valence-corrected chi connectivity index (χ2v) is 7.13. The highest BCUT2D eigenvalue weighted by Gasteiger charge is 2.19. The molecular formula is C24H27NO3. The summed E-state index contributed by atoms with van der Waals surface area (Å²) < 4.78 is 16.3. The number of methoxy groups -OCH3 is 2. The SMILES string of the molecule is COc1ccc(/C=C2\C=C(CCN3CCOCC3)c3ccccc32)cc1OC. The Morgan fingerprint density at radius 3 is 2.46 bits per heavy atom. The van der Waals surface area contributed by atoms with Gasteiger partial charge in [0.25, 0.3) is 0 Å². The Kier molecular flexibility index (Phi) is 5.79. The number of benzene rings is 2. The Hall–Kier alpha value is -2.56. The van der Waals surface area contributed by atoms with E-state index < -0.39 is 0 Å². The average Bonchev–Trinajstić information content (AvgIpc) is 3.10. The van der Waals surface area contributed by atoms with Gasteiger partial charge in [-0.1, -0.05) is 36.4 Å². The smallest absolute Gasteiger partial charge is 0.161 e. The monoisotopic (exact) mass is 377 g/mol. The molecule has 0 amide bonds. The lowest BCUT2D eigenvalue weighted by Gasteiger charge is -2.26. The molecule has 0 aromatic heterocycles. The first-order valence-electron chi connectivity index (χ1n) is 9.82. The zero-order valence-corrected chi connectivity index (χ0v) is 16.6. The molecule has 0 bridgehead atoms. The summed E-state index contributed by atoms with van der Waals surface area (Å²) >= 11 is 0. The molecule has 4 heteroatoms. The largest absolute Gasteiger partial charge is 0.493 e. The van der Waals surface area contributed by atoms with Crippen LogP contribution in [-0.4, -0.2) is 52.0 Å². The van der Waals surface area contributed by atoms with E-state index >= 15 is 0 Å². The molecule has 2 aromatic carbocycles. The molecule has 0 radical (unpaired) electrons. The summed E-state index contributed by atoms with van der Waals surface area (Å²) in [6.07, 6.45) is 5.62. The van der Waals surface area contributed by atoms with Crippen molar-refractivity contribution in [1.29, 1.82) is 0 Å². The van der Waals surface area contributed by atoms with Crippen LogP contribution < -0.4 is 9.47 Å². The van der Waals surface area contributed by atoms with Gasteiger partial charge in [0.1, 0.15) is 0 Å². The van der Waals surface area contributed by atoms with Gasteiger partial charge in [0.2, 0.25) is 0 Å². The molecule has 0 N–H and O–H groups in total. The van der Waals surface area contributed by atoms with Crippen LogP contribution in [0.15, 0.2) is 48.5 Å². The van der Waals surface area contributed by atoms with E-state index in [1.807, 2.05) is 12.1 Å². The molecule has 0 unspecified atom stereocenters. The van der Waals surface area contributed by atoms with Crippen molar-refractivity contribution in [2.24, 2.45) is 0 Å². The summed E-state index contributed by atoms with van der Waals surface area (Å²) in [6, 6.07) is 14.7. The van der Waals surface area contributed by atoms with Crippen LogP contribution in [0.3, 0.4) is 0 Å². The first kappa shape index (κ1) is 18.8. The quantitative estimate of drug-likeness (QED) is 0.748. The standard InChI is InChI=1S/C24H27NO3/c1-26-23-8-7-18(16-24(23)27-2)15-20-17-19(21-5-3-4-6-22(20)21)9-10-25-11-13-28-14-12-25/h3-8,15-17H,9-14H2,1-2H3/b20-15+. The van der Waals surface area contributed by atoms with Crippen molar-refractivity contribution in [3.05, 3.63) is 65.2 Å². The molecule has 1 fully saturated rings. The molecule has 28 heavy (non-hydrogen) atoms. The van der Waals surface area contributed by atoms with Crippen molar-refractivity contribution in [3.8, 4) is 11.5 Å². The number of hydrogen-bond donors (Lipinski definition) is 0. The second kappa shape index (κ2) is 8.63. The molecule has 1 saturated heterocycles. The lowest BCUT2D eigenvalue weighted by Crippen LogP contribution is -2.36. The zero-order chi connectivity index (χ0) is 19.3. The number of ether oxygens (including phenoxy) is 3. The molecule has 1 heterocycles. The average molecular weight is 377 g/mol. The Morgan fingerprint density at radius 1 is 0.964 bits per heavy atom. The summed E-state index contributed by atoms with van der Waals surface area (Å²) in [4.78, 5) is 2.49. The fourth-order valence-corrected chi connectivity index (χ4v) is 3.91. The number of allylic oxidation sites excluding steroid dienone is 2. The molecule has 2 aliphatic rings. The van der Waals surface area contributed by atoms with Crippen LogP contribution in [-0.2, 0) is 4.74 Å². The first-order chi connectivity index (χ1) is 13.8. The Labute approximate surface area is 167 Å². The highest BCUT2D eigenvalue weighted by atomic mass is 16.5. The van der Waals surface area contributed by atoms with E-state index in [0.29, 0.717) is 0 Å². The molecule has 1 aliphatic heterocycles. The van der Waals surface area contributed by atoms with E-state index in [1.54, 1.807) is 14.2 Å². The van der Waals surface area contributed by atoms with Gasteiger partial charge in [-0.3, -0.25) is 4.90 Å². The van der Waals surface area contributed by atoms with Gasteiger partial charge in [0, 0.05) is 19.6 Å². The predicted octanol–water partition coefficient (Wildman–Crippen LogP) is 4.36. The number of fused-ring (bicyclic) bond motifs is 1. The van der Waals surface area contributed by atoms with Gasteiger partial charge in [-0.05, 0) is 52.5 Å². The van der Waals surface area contributed by atoms with Crippen LogP contribution in [0.25, 0.3) is 17.2 Å². The van der Waals surface area contributed by atoms with E-state index in [4.69, 9.17) is 14.2 Å². The normalized spacial score (nSPS) is 18.1. The Morgan fingerprint density at radius 2 is 1.71 bits per heavy atom. The topological polar surface area (TPSA) is 30.9 Å². The summed E-state index contributed by atoms with van der Waals surface area (Å²) in [6.45, 7) is 4.83.